The summed E-state index contributed by atoms with van der Waals surface area (Å²) >= 11 is 1.44. The number of anilines is 2. The van der Waals surface area contributed by atoms with E-state index in [0.29, 0.717) is 22.2 Å². The third-order valence-electron chi connectivity index (χ3n) is 4.58. The van der Waals surface area contributed by atoms with E-state index in [0.717, 1.165) is 29.7 Å². The molecular weight excluding hydrogens is 366 g/mol. The number of methoxy groups -OCH3 is 1. The first kappa shape index (κ1) is 19.1. The molecule has 0 bridgehead atoms. The van der Waals surface area contributed by atoms with Crippen molar-refractivity contribution in [3.63, 3.8) is 0 Å². The number of ether oxygens (including phenoxy) is 1. The molecule has 2 aromatic rings. The van der Waals surface area contributed by atoms with E-state index in [2.05, 4.69) is 21.7 Å². The molecule has 0 saturated heterocycles. The number of aryl methyl sites for hydroxylation is 1. The predicted molar refractivity (Wildman–Crippen MR) is 102 cm³/mol. The van der Waals surface area contributed by atoms with Crippen LogP contribution in [-0.4, -0.2) is 34.6 Å². The molecule has 2 aromatic heterocycles. The Balaban J connectivity index is 1.78. The Morgan fingerprint density at radius 1 is 1.48 bits per heavy atom. The Hall–Kier alpha value is -2.70. The van der Waals surface area contributed by atoms with E-state index in [9.17, 15) is 14.9 Å². The molecule has 0 radical (unpaired) electrons. The van der Waals surface area contributed by atoms with E-state index >= 15 is 0 Å². The predicted octanol–water partition coefficient (Wildman–Crippen LogP) is 2.23. The molecule has 0 aromatic carbocycles. The monoisotopic (exact) mass is 387 g/mol. The number of fused-ring (bicyclic) bond motifs is 1. The zero-order valence-corrected chi connectivity index (χ0v) is 16.3. The number of aromatic nitrogens is 2. The van der Waals surface area contributed by atoms with Crippen molar-refractivity contribution in [2.24, 2.45) is 0 Å². The van der Waals surface area contributed by atoms with Gasteiger partial charge in [0, 0.05) is 25.3 Å². The minimum absolute atomic E-state index is 0.00439. The lowest BCUT2D eigenvalue weighted by Gasteiger charge is -2.20. The number of hydrogen-bond acceptors (Lipinski definition) is 6. The summed E-state index contributed by atoms with van der Waals surface area (Å²) in [7, 11) is 1.69. The third kappa shape index (κ3) is 4.02. The number of rotatable bonds is 5. The van der Waals surface area contributed by atoms with Crippen molar-refractivity contribution in [2.75, 3.05) is 17.7 Å². The van der Waals surface area contributed by atoms with Crippen LogP contribution in [0.3, 0.4) is 0 Å². The van der Waals surface area contributed by atoms with Crippen LogP contribution in [-0.2, 0) is 33.7 Å². The molecule has 1 atom stereocenters. The SMILES string of the molecule is COC1CCc2c(sc(NC(=O)Cn3c(NC(C)=O)cnc3C)c2C#N)C1. The molecule has 1 unspecified atom stereocenters. The number of carbonyl (C=O) groups excluding carboxylic acids is 2. The number of nitriles is 1. The first-order valence-electron chi connectivity index (χ1n) is 8.60. The van der Waals surface area contributed by atoms with Crippen molar-refractivity contribution in [3.8, 4) is 6.07 Å². The minimum Gasteiger partial charge on any atom is -0.381 e. The van der Waals surface area contributed by atoms with Gasteiger partial charge in [-0.1, -0.05) is 0 Å². The Bertz CT molecular complexity index is 924. The summed E-state index contributed by atoms with van der Waals surface area (Å²) in [5, 5.41) is 15.6. The molecule has 1 aliphatic rings. The molecule has 2 heterocycles. The van der Waals surface area contributed by atoms with Gasteiger partial charge in [-0.25, -0.2) is 4.98 Å². The fraction of sp³-hybridized carbons (Fsp3) is 0.444. The molecule has 2 N–H and O–H groups in total. The summed E-state index contributed by atoms with van der Waals surface area (Å²) < 4.78 is 7.05. The van der Waals surface area contributed by atoms with E-state index in [1.54, 1.807) is 18.6 Å². The number of hydrogen-bond donors (Lipinski definition) is 2. The van der Waals surface area contributed by atoms with Crippen LogP contribution in [0.4, 0.5) is 10.8 Å². The van der Waals surface area contributed by atoms with Gasteiger partial charge < -0.3 is 19.9 Å². The molecule has 3 rings (SSSR count). The quantitative estimate of drug-likeness (QED) is 0.818. The maximum Gasteiger partial charge on any atom is 0.245 e. The average Bonchev–Trinajstić information content (AvgIpc) is 3.14. The Morgan fingerprint density at radius 2 is 2.26 bits per heavy atom. The van der Waals surface area contributed by atoms with Crippen LogP contribution in [0.25, 0.3) is 0 Å². The lowest BCUT2D eigenvalue weighted by Crippen LogP contribution is -2.21. The maximum absolute atomic E-state index is 12.6. The largest absolute Gasteiger partial charge is 0.381 e. The maximum atomic E-state index is 12.6. The van der Waals surface area contributed by atoms with Crippen molar-refractivity contribution in [1.29, 1.82) is 5.26 Å². The van der Waals surface area contributed by atoms with Gasteiger partial charge in [-0.3, -0.25) is 9.59 Å². The highest BCUT2D eigenvalue weighted by Gasteiger charge is 2.26. The van der Waals surface area contributed by atoms with Crippen LogP contribution in [0.1, 0.15) is 35.2 Å². The zero-order chi connectivity index (χ0) is 19.6. The smallest absolute Gasteiger partial charge is 0.245 e. The zero-order valence-electron chi connectivity index (χ0n) is 15.5. The lowest BCUT2D eigenvalue weighted by molar-refractivity contribution is -0.117. The van der Waals surface area contributed by atoms with Crippen LogP contribution < -0.4 is 10.6 Å². The lowest BCUT2D eigenvalue weighted by atomic mass is 9.94. The van der Waals surface area contributed by atoms with Crippen LogP contribution in [0.15, 0.2) is 6.20 Å². The molecule has 142 valence electrons. The number of nitrogens with zero attached hydrogens (tertiary/aromatic N) is 3. The van der Waals surface area contributed by atoms with Crippen molar-refractivity contribution in [1.82, 2.24) is 9.55 Å². The Kier molecular flexibility index (Phi) is 5.58. The van der Waals surface area contributed by atoms with E-state index in [4.69, 9.17) is 4.74 Å². The molecular formula is C18H21N5O3S. The van der Waals surface area contributed by atoms with Gasteiger partial charge in [0.2, 0.25) is 11.8 Å². The molecule has 9 heteroatoms. The second-order valence-corrected chi connectivity index (χ2v) is 7.53. The van der Waals surface area contributed by atoms with Crippen molar-refractivity contribution in [2.45, 2.75) is 45.8 Å². The van der Waals surface area contributed by atoms with Crippen molar-refractivity contribution < 1.29 is 14.3 Å². The van der Waals surface area contributed by atoms with Crippen LogP contribution in [0.2, 0.25) is 0 Å². The van der Waals surface area contributed by atoms with Gasteiger partial charge in [0.15, 0.2) is 0 Å². The highest BCUT2D eigenvalue weighted by Crippen LogP contribution is 2.38. The number of thiophene rings is 1. The van der Waals surface area contributed by atoms with E-state index in [1.165, 1.54) is 24.5 Å². The van der Waals surface area contributed by atoms with Crippen molar-refractivity contribution >= 4 is 34.0 Å². The highest BCUT2D eigenvalue weighted by atomic mass is 32.1. The first-order valence-corrected chi connectivity index (χ1v) is 9.41. The van der Waals surface area contributed by atoms with E-state index in [-0.39, 0.29) is 24.5 Å². The van der Waals surface area contributed by atoms with Gasteiger partial charge in [-0.05, 0) is 25.3 Å². The van der Waals surface area contributed by atoms with Crippen LogP contribution >= 0.6 is 11.3 Å². The number of imidazole rings is 1. The minimum atomic E-state index is -0.277. The Labute approximate surface area is 161 Å². The standard InChI is InChI=1S/C18H21N5O3S/c1-10-20-8-16(21-11(2)24)23(10)9-17(25)22-18-14(7-19)13-5-4-12(26-3)6-15(13)27-18/h8,12H,4-6,9H2,1-3H3,(H,21,24)(H,22,25). The fourth-order valence-corrected chi connectivity index (χ4v) is 4.50. The number of amides is 2. The summed E-state index contributed by atoms with van der Waals surface area (Å²) in [6, 6.07) is 2.23. The molecule has 2 amide bonds. The first-order chi connectivity index (χ1) is 12.9. The van der Waals surface area contributed by atoms with E-state index < -0.39 is 0 Å². The molecule has 27 heavy (non-hydrogen) atoms. The van der Waals surface area contributed by atoms with Gasteiger partial charge >= 0.3 is 0 Å². The number of nitrogens with one attached hydrogen (secondary N) is 2. The molecule has 0 fully saturated rings. The third-order valence-corrected chi connectivity index (χ3v) is 5.75. The second-order valence-electron chi connectivity index (χ2n) is 6.43. The molecule has 1 aliphatic carbocycles. The molecule has 0 aliphatic heterocycles. The average molecular weight is 387 g/mol. The fourth-order valence-electron chi connectivity index (χ4n) is 3.22. The van der Waals surface area contributed by atoms with Gasteiger partial charge in [0.1, 0.15) is 29.3 Å². The summed E-state index contributed by atoms with van der Waals surface area (Å²) in [6.45, 7) is 3.15. The Morgan fingerprint density at radius 3 is 2.93 bits per heavy atom. The van der Waals surface area contributed by atoms with Gasteiger partial charge in [-0.15, -0.1) is 11.3 Å². The normalized spacial score (nSPS) is 15.7. The van der Waals surface area contributed by atoms with Gasteiger partial charge in [0.05, 0.1) is 17.9 Å². The van der Waals surface area contributed by atoms with E-state index in [1.807, 2.05) is 0 Å². The summed E-state index contributed by atoms with van der Waals surface area (Å²) in [4.78, 5) is 29.1. The van der Waals surface area contributed by atoms with Crippen LogP contribution in [0.5, 0.6) is 0 Å². The van der Waals surface area contributed by atoms with Crippen molar-refractivity contribution in [3.05, 3.63) is 28.0 Å². The van der Waals surface area contributed by atoms with Gasteiger partial charge in [0.25, 0.3) is 0 Å². The topological polar surface area (TPSA) is 109 Å². The summed E-state index contributed by atoms with van der Waals surface area (Å²) in [6.07, 6.45) is 4.07. The summed E-state index contributed by atoms with van der Waals surface area (Å²) in [5.41, 5.74) is 1.56. The summed E-state index contributed by atoms with van der Waals surface area (Å²) in [5.74, 6) is 0.565. The van der Waals surface area contributed by atoms with Gasteiger partial charge in [-0.2, -0.15) is 5.26 Å². The van der Waals surface area contributed by atoms with Crippen LogP contribution in [0, 0.1) is 18.3 Å². The molecule has 0 spiro atoms. The molecule has 0 saturated carbocycles. The number of carbonyl (C=O) groups is 2. The second kappa shape index (κ2) is 7.90. The highest BCUT2D eigenvalue weighted by molar-refractivity contribution is 7.16. The molecule has 8 nitrogen and oxygen atoms in total.